The number of hydrogen-bond acceptors (Lipinski definition) is 3. The molecule has 0 spiro atoms. The third kappa shape index (κ3) is 4.04. The highest BCUT2D eigenvalue weighted by Crippen LogP contribution is 2.27. The summed E-state index contributed by atoms with van der Waals surface area (Å²) in [6.07, 6.45) is 4.83. The molecule has 0 atom stereocenters. The van der Waals surface area contributed by atoms with Gasteiger partial charge in [-0.15, -0.1) is 0 Å². The number of halogens is 1. The SMILES string of the molecule is CCCn1ccc2cc(NC(=O)c3cc(S(=O)(=O)N4CCCC4)ccc3Br)ccc21. The van der Waals surface area contributed by atoms with E-state index in [1.165, 1.54) is 16.4 Å². The van der Waals surface area contributed by atoms with Gasteiger partial charge in [0.2, 0.25) is 10.0 Å². The van der Waals surface area contributed by atoms with Crippen molar-refractivity contribution >= 4 is 48.5 Å². The number of benzene rings is 2. The number of nitrogens with one attached hydrogen (secondary N) is 1. The number of carbonyl (C=O) groups is 1. The number of sulfonamides is 1. The fourth-order valence-corrected chi connectivity index (χ4v) is 5.80. The predicted molar refractivity (Wildman–Crippen MR) is 122 cm³/mol. The van der Waals surface area contributed by atoms with Gasteiger partial charge in [-0.2, -0.15) is 4.31 Å². The second-order valence-corrected chi connectivity index (χ2v) is 10.3. The van der Waals surface area contributed by atoms with E-state index in [4.69, 9.17) is 0 Å². The van der Waals surface area contributed by atoms with Crippen molar-refractivity contribution < 1.29 is 13.2 Å². The molecule has 1 amide bonds. The molecule has 1 fully saturated rings. The molecule has 1 aliphatic rings. The standard InChI is InChI=1S/C22H24BrN3O3S/c1-2-10-25-13-9-16-14-17(5-8-21(16)25)24-22(27)19-15-18(6-7-20(19)23)30(28,29)26-11-3-4-12-26/h5-9,13-15H,2-4,10-12H2,1H3,(H,24,27). The van der Waals surface area contributed by atoms with E-state index >= 15 is 0 Å². The number of aromatic nitrogens is 1. The Morgan fingerprint density at radius 3 is 2.60 bits per heavy atom. The average molecular weight is 490 g/mol. The lowest BCUT2D eigenvalue weighted by molar-refractivity contribution is 0.102. The van der Waals surface area contributed by atoms with Crippen LogP contribution in [0.15, 0.2) is 58.0 Å². The Morgan fingerprint density at radius 2 is 1.87 bits per heavy atom. The van der Waals surface area contributed by atoms with Gasteiger partial charge in [-0.05, 0) is 77.7 Å². The van der Waals surface area contributed by atoms with E-state index in [1.54, 1.807) is 6.07 Å². The molecule has 4 rings (SSSR count). The molecular formula is C22H24BrN3O3S. The van der Waals surface area contributed by atoms with Crippen LogP contribution in [0.3, 0.4) is 0 Å². The van der Waals surface area contributed by atoms with Crippen LogP contribution in [0.25, 0.3) is 10.9 Å². The number of rotatable bonds is 6. The van der Waals surface area contributed by atoms with Crippen molar-refractivity contribution in [3.63, 3.8) is 0 Å². The van der Waals surface area contributed by atoms with Gasteiger partial charge in [-0.1, -0.05) is 6.92 Å². The Hall–Kier alpha value is -2.16. The first-order chi connectivity index (χ1) is 14.4. The minimum Gasteiger partial charge on any atom is -0.347 e. The fraction of sp³-hybridized carbons (Fsp3) is 0.318. The van der Waals surface area contributed by atoms with Gasteiger partial charge in [0.05, 0.1) is 10.5 Å². The summed E-state index contributed by atoms with van der Waals surface area (Å²) < 4.78 is 29.9. The van der Waals surface area contributed by atoms with Crippen molar-refractivity contribution in [3.8, 4) is 0 Å². The van der Waals surface area contributed by atoms with Gasteiger partial charge in [0, 0.05) is 46.9 Å². The molecule has 2 heterocycles. The van der Waals surface area contributed by atoms with Gasteiger partial charge >= 0.3 is 0 Å². The summed E-state index contributed by atoms with van der Waals surface area (Å²) in [5.41, 5.74) is 2.08. The number of fused-ring (bicyclic) bond motifs is 1. The Bertz CT molecular complexity index is 1200. The van der Waals surface area contributed by atoms with Crippen molar-refractivity contribution in [1.29, 1.82) is 0 Å². The number of anilines is 1. The predicted octanol–water partition coefficient (Wildman–Crippen LogP) is 4.85. The lowest BCUT2D eigenvalue weighted by Gasteiger charge is -2.16. The maximum atomic E-state index is 12.9. The van der Waals surface area contributed by atoms with Crippen LogP contribution in [0.5, 0.6) is 0 Å². The highest BCUT2D eigenvalue weighted by Gasteiger charge is 2.28. The molecule has 0 aliphatic carbocycles. The zero-order valence-electron chi connectivity index (χ0n) is 16.8. The van der Waals surface area contributed by atoms with Crippen molar-refractivity contribution in [3.05, 3.63) is 58.7 Å². The van der Waals surface area contributed by atoms with Crippen LogP contribution in [-0.2, 0) is 16.6 Å². The lowest BCUT2D eigenvalue weighted by Crippen LogP contribution is -2.28. The summed E-state index contributed by atoms with van der Waals surface area (Å²) in [4.78, 5) is 13.1. The molecule has 8 heteroatoms. The van der Waals surface area contributed by atoms with E-state index in [0.717, 1.165) is 36.7 Å². The quantitative estimate of drug-likeness (QED) is 0.537. The van der Waals surface area contributed by atoms with Gasteiger partial charge in [-0.3, -0.25) is 4.79 Å². The Kier molecular flexibility index (Phi) is 5.99. The van der Waals surface area contributed by atoms with Gasteiger partial charge in [0.25, 0.3) is 5.91 Å². The molecule has 0 saturated carbocycles. The van der Waals surface area contributed by atoms with Crippen molar-refractivity contribution in [2.24, 2.45) is 0 Å². The van der Waals surface area contributed by atoms with Crippen molar-refractivity contribution in [1.82, 2.24) is 8.87 Å². The third-order valence-corrected chi connectivity index (χ3v) is 7.96. The summed E-state index contributed by atoms with van der Waals surface area (Å²) in [6, 6.07) is 12.4. The summed E-state index contributed by atoms with van der Waals surface area (Å²) >= 11 is 3.38. The van der Waals surface area contributed by atoms with E-state index in [-0.39, 0.29) is 10.8 Å². The summed E-state index contributed by atoms with van der Waals surface area (Å²) in [7, 11) is -3.59. The summed E-state index contributed by atoms with van der Waals surface area (Å²) in [5.74, 6) is -0.354. The monoisotopic (exact) mass is 489 g/mol. The number of hydrogen-bond donors (Lipinski definition) is 1. The molecular weight excluding hydrogens is 466 g/mol. The van der Waals surface area contributed by atoms with E-state index in [2.05, 4.69) is 32.7 Å². The number of amides is 1. The van der Waals surface area contributed by atoms with Gasteiger partial charge in [0.15, 0.2) is 0 Å². The molecule has 158 valence electrons. The Labute approximate surface area is 185 Å². The molecule has 1 N–H and O–H groups in total. The van der Waals surface area contributed by atoms with Crippen molar-refractivity contribution in [2.45, 2.75) is 37.6 Å². The van der Waals surface area contributed by atoms with Crippen LogP contribution >= 0.6 is 15.9 Å². The molecule has 30 heavy (non-hydrogen) atoms. The molecule has 6 nitrogen and oxygen atoms in total. The minimum atomic E-state index is -3.59. The van der Waals surface area contributed by atoms with Crippen LogP contribution in [0.2, 0.25) is 0 Å². The summed E-state index contributed by atoms with van der Waals surface area (Å²) in [5, 5.41) is 3.94. The maximum Gasteiger partial charge on any atom is 0.256 e. The number of carbonyl (C=O) groups excluding carboxylic acids is 1. The van der Waals surface area contributed by atoms with E-state index in [1.807, 2.05) is 30.5 Å². The summed E-state index contributed by atoms with van der Waals surface area (Å²) in [6.45, 7) is 4.13. The normalized spacial score (nSPS) is 15.0. The molecule has 1 aliphatic heterocycles. The smallest absolute Gasteiger partial charge is 0.256 e. The zero-order chi connectivity index (χ0) is 21.3. The van der Waals surface area contributed by atoms with Gasteiger partial charge in [-0.25, -0.2) is 8.42 Å². The largest absolute Gasteiger partial charge is 0.347 e. The second kappa shape index (κ2) is 8.53. The molecule has 0 unspecified atom stereocenters. The van der Waals surface area contributed by atoms with Gasteiger partial charge in [0.1, 0.15) is 0 Å². The second-order valence-electron chi connectivity index (χ2n) is 7.49. The van der Waals surface area contributed by atoms with Crippen LogP contribution in [0.4, 0.5) is 5.69 Å². The van der Waals surface area contributed by atoms with Crippen LogP contribution < -0.4 is 5.32 Å². The van der Waals surface area contributed by atoms with Gasteiger partial charge < -0.3 is 9.88 Å². The first-order valence-electron chi connectivity index (χ1n) is 10.1. The fourth-order valence-electron chi connectivity index (χ4n) is 3.83. The van der Waals surface area contributed by atoms with E-state index < -0.39 is 10.0 Å². The number of aryl methyl sites for hydroxylation is 1. The highest BCUT2D eigenvalue weighted by molar-refractivity contribution is 9.10. The number of nitrogens with zero attached hydrogens (tertiary/aromatic N) is 2. The molecule has 2 aromatic carbocycles. The first-order valence-corrected chi connectivity index (χ1v) is 12.3. The van der Waals surface area contributed by atoms with Crippen LogP contribution in [0, 0.1) is 0 Å². The Balaban J connectivity index is 1.59. The lowest BCUT2D eigenvalue weighted by atomic mass is 10.2. The third-order valence-electron chi connectivity index (χ3n) is 5.38. The van der Waals surface area contributed by atoms with E-state index in [0.29, 0.717) is 28.8 Å². The molecule has 0 radical (unpaired) electrons. The molecule has 0 bridgehead atoms. The zero-order valence-corrected chi connectivity index (χ0v) is 19.2. The van der Waals surface area contributed by atoms with E-state index in [9.17, 15) is 13.2 Å². The topological polar surface area (TPSA) is 71.4 Å². The van der Waals surface area contributed by atoms with Crippen LogP contribution in [0.1, 0.15) is 36.5 Å². The van der Waals surface area contributed by atoms with Crippen molar-refractivity contribution in [2.75, 3.05) is 18.4 Å². The molecule has 1 aromatic heterocycles. The molecule has 3 aromatic rings. The first kappa shape index (κ1) is 21.1. The Morgan fingerprint density at radius 1 is 1.10 bits per heavy atom. The minimum absolute atomic E-state index is 0.143. The highest BCUT2D eigenvalue weighted by atomic mass is 79.9. The molecule has 1 saturated heterocycles. The van der Waals surface area contributed by atoms with Crippen LogP contribution in [-0.4, -0.2) is 36.3 Å². The maximum absolute atomic E-state index is 12.9. The average Bonchev–Trinajstić information content (AvgIpc) is 3.39.